The number of thiocarbonyl (C=S) groups is 1. The summed E-state index contributed by atoms with van der Waals surface area (Å²) < 4.78 is 27.1. The van der Waals surface area contributed by atoms with E-state index in [9.17, 15) is 8.42 Å². The Balaban J connectivity index is 4.26. The molecule has 0 radical (unpaired) electrons. The Kier molecular flexibility index (Phi) is 4.93. The van der Waals surface area contributed by atoms with Crippen LogP contribution in [0.5, 0.6) is 0 Å². The molecule has 0 atom stereocenters. The standard InChI is InChI=1S/C7H17N3O2S2/c1-4-9-14(11,12)10-5-7(2,3)6(8)13/h9-10H,4-5H2,1-3H3,(H2,8,13). The van der Waals surface area contributed by atoms with Gasteiger partial charge in [0.1, 0.15) is 0 Å². The lowest BCUT2D eigenvalue weighted by atomic mass is 9.94. The third-order valence-electron chi connectivity index (χ3n) is 1.71. The van der Waals surface area contributed by atoms with Crippen molar-refractivity contribution in [3.05, 3.63) is 0 Å². The summed E-state index contributed by atoms with van der Waals surface area (Å²) >= 11 is 4.81. The molecule has 5 nitrogen and oxygen atoms in total. The number of nitrogens with one attached hydrogen (secondary N) is 2. The van der Waals surface area contributed by atoms with Crippen molar-refractivity contribution in [1.82, 2.24) is 9.44 Å². The van der Waals surface area contributed by atoms with Crippen LogP contribution in [0.4, 0.5) is 0 Å². The first-order valence-corrected chi connectivity index (χ1v) is 6.14. The molecule has 0 amide bonds. The van der Waals surface area contributed by atoms with E-state index in [1.165, 1.54) is 0 Å². The molecule has 0 aliphatic carbocycles. The van der Waals surface area contributed by atoms with Crippen molar-refractivity contribution in [3.63, 3.8) is 0 Å². The Morgan fingerprint density at radius 1 is 1.43 bits per heavy atom. The van der Waals surface area contributed by atoms with Gasteiger partial charge in [0.05, 0.1) is 4.99 Å². The molecule has 0 spiro atoms. The molecule has 14 heavy (non-hydrogen) atoms. The summed E-state index contributed by atoms with van der Waals surface area (Å²) in [6.45, 7) is 5.81. The topological polar surface area (TPSA) is 84.2 Å². The van der Waals surface area contributed by atoms with Crippen LogP contribution < -0.4 is 15.2 Å². The monoisotopic (exact) mass is 239 g/mol. The fourth-order valence-corrected chi connectivity index (χ4v) is 1.71. The number of hydrogen-bond donors (Lipinski definition) is 3. The van der Waals surface area contributed by atoms with E-state index in [1.54, 1.807) is 20.8 Å². The van der Waals surface area contributed by atoms with Crippen molar-refractivity contribution in [1.29, 1.82) is 0 Å². The Bertz CT molecular complexity index is 298. The Labute approximate surface area is 90.6 Å². The van der Waals surface area contributed by atoms with Gasteiger partial charge in [-0.2, -0.15) is 8.42 Å². The number of hydrogen-bond acceptors (Lipinski definition) is 3. The van der Waals surface area contributed by atoms with Crippen molar-refractivity contribution in [2.24, 2.45) is 11.1 Å². The predicted octanol–water partition coefficient (Wildman–Crippen LogP) is -0.257. The van der Waals surface area contributed by atoms with Gasteiger partial charge in [-0.1, -0.05) is 33.0 Å². The minimum absolute atomic E-state index is 0.192. The SMILES string of the molecule is CCNS(=O)(=O)NCC(C)(C)C(N)=S. The average Bonchev–Trinajstić information content (AvgIpc) is 2.01. The zero-order valence-corrected chi connectivity index (χ0v) is 10.3. The molecular weight excluding hydrogens is 222 g/mol. The second-order valence-electron chi connectivity index (χ2n) is 3.57. The molecule has 0 saturated heterocycles. The molecule has 7 heteroatoms. The molecule has 0 aromatic rings. The molecule has 4 N–H and O–H groups in total. The molecule has 84 valence electrons. The zero-order chi connectivity index (χ0) is 11.4. The molecule has 0 heterocycles. The van der Waals surface area contributed by atoms with Crippen molar-refractivity contribution in [3.8, 4) is 0 Å². The third kappa shape index (κ3) is 4.85. The lowest BCUT2D eigenvalue weighted by molar-refractivity contribution is 0.497. The first-order chi connectivity index (χ1) is 6.21. The molecule has 0 unspecified atom stereocenters. The minimum atomic E-state index is -3.41. The van der Waals surface area contributed by atoms with E-state index >= 15 is 0 Å². The molecule has 0 fully saturated rings. The summed E-state index contributed by atoms with van der Waals surface area (Å²) in [4.78, 5) is 0.289. The largest absolute Gasteiger partial charge is 0.393 e. The summed E-state index contributed by atoms with van der Waals surface area (Å²) in [5.41, 5.74) is 4.93. The van der Waals surface area contributed by atoms with Crippen LogP contribution in [0.25, 0.3) is 0 Å². The molecule has 0 rings (SSSR count). The Morgan fingerprint density at radius 2 is 1.93 bits per heavy atom. The summed E-state index contributed by atoms with van der Waals surface area (Å²) in [6, 6.07) is 0. The highest BCUT2D eigenvalue weighted by molar-refractivity contribution is 7.87. The highest BCUT2D eigenvalue weighted by Crippen LogP contribution is 2.13. The predicted molar refractivity (Wildman–Crippen MR) is 61.2 cm³/mol. The van der Waals surface area contributed by atoms with E-state index < -0.39 is 15.6 Å². The van der Waals surface area contributed by atoms with Gasteiger partial charge in [-0.25, -0.2) is 9.44 Å². The number of nitrogens with two attached hydrogens (primary N) is 1. The van der Waals surface area contributed by atoms with Crippen LogP contribution in [-0.2, 0) is 10.2 Å². The molecular formula is C7H17N3O2S2. The highest BCUT2D eigenvalue weighted by Gasteiger charge is 2.23. The van der Waals surface area contributed by atoms with Crippen LogP contribution in [0.1, 0.15) is 20.8 Å². The molecule has 0 aliphatic rings. The van der Waals surface area contributed by atoms with E-state index in [0.29, 0.717) is 6.54 Å². The smallest absolute Gasteiger partial charge is 0.276 e. The van der Waals surface area contributed by atoms with Crippen LogP contribution in [0.2, 0.25) is 0 Å². The van der Waals surface area contributed by atoms with Gasteiger partial charge in [-0.05, 0) is 0 Å². The lowest BCUT2D eigenvalue weighted by Gasteiger charge is -2.23. The van der Waals surface area contributed by atoms with Gasteiger partial charge in [0.15, 0.2) is 0 Å². The highest BCUT2D eigenvalue weighted by atomic mass is 32.2. The van der Waals surface area contributed by atoms with Gasteiger partial charge in [-0.15, -0.1) is 0 Å². The summed E-state index contributed by atoms with van der Waals surface area (Å²) in [5.74, 6) is 0. The summed E-state index contributed by atoms with van der Waals surface area (Å²) in [6.07, 6.45) is 0. The van der Waals surface area contributed by atoms with Crippen molar-refractivity contribution in [2.45, 2.75) is 20.8 Å². The first kappa shape index (κ1) is 13.8. The van der Waals surface area contributed by atoms with E-state index in [-0.39, 0.29) is 11.5 Å². The van der Waals surface area contributed by atoms with Gasteiger partial charge < -0.3 is 5.73 Å². The van der Waals surface area contributed by atoms with Gasteiger partial charge in [0, 0.05) is 18.5 Å². The quantitative estimate of drug-likeness (QED) is 0.558. The van der Waals surface area contributed by atoms with Crippen LogP contribution in [0.3, 0.4) is 0 Å². The maximum absolute atomic E-state index is 11.2. The average molecular weight is 239 g/mol. The minimum Gasteiger partial charge on any atom is -0.393 e. The Morgan fingerprint density at radius 3 is 2.29 bits per heavy atom. The van der Waals surface area contributed by atoms with Crippen LogP contribution in [-0.4, -0.2) is 26.5 Å². The molecule has 0 bridgehead atoms. The van der Waals surface area contributed by atoms with E-state index in [4.69, 9.17) is 18.0 Å². The van der Waals surface area contributed by atoms with Gasteiger partial charge in [-0.3, -0.25) is 0 Å². The zero-order valence-electron chi connectivity index (χ0n) is 8.62. The maximum atomic E-state index is 11.2. The van der Waals surface area contributed by atoms with Gasteiger partial charge >= 0.3 is 0 Å². The fraction of sp³-hybridized carbons (Fsp3) is 0.857. The Hall–Kier alpha value is -0.240. The van der Waals surface area contributed by atoms with Gasteiger partial charge in [0.25, 0.3) is 10.2 Å². The van der Waals surface area contributed by atoms with Crippen LogP contribution in [0, 0.1) is 5.41 Å². The van der Waals surface area contributed by atoms with Crippen LogP contribution in [0.15, 0.2) is 0 Å². The molecule has 0 aromatic heterocycles. The third-order valence-corrected chi connectivity index (χ3v) is 3.45. The van der Waals surface area contributed by atoms with Crippen LogP contribution >= 0.6 is 12.2 Å². The molecule has 0 saturated carbocycles. The maximum Gasteiger partial charge on any atom is 0.276 e. The van der Waals surface area contributed by atoms with Crippen molar-refractivity contribution >= 4 is 27.4 Å². The van der Waals surface area contributed by atoms with Gasteiger partial charge in [0.2, 0.25) is 0 Å². The van der Waals surface area contributed by atoms with E-state index in [2.05, 4.69) is 9.44 Å². The second kappa shape index (κ2) is 5.01. The summed E-state index contributed by atoms with van der Waals surface area (Å²) in [5, 5.41) is 0. The second-order valence-corrected chi connectivity index (χ2v) is 5.59. The normalized spacial score (nSPS) is 12.8. The summed E-state index contributed by atoms with van der Waals surface area (Å²) in [7, 11) is -3.41. The molecule has 0 aliphatic heterocycles. The van der Waals surface area contributed by atoms with E-state index in [1.807, 2.05) is 0 Å². The molecule has 0 aromatic carbocycles. The van der Waals surface area contributed by atoms with Crippen molar-refractivity contribution in [2.75, 3.05) is 13.1 Å². The van der Waals surface area contributed by atoms with E-state index in [0.717, 1.165) is 0 Å². The lowest BCUT2D eigenvalue weighted by Crippen LogP contribution is -2.45. The fourth-order valence-electron chi connectivity index (χ4n) is 0.604. The first-order valence-electron chi connectivity index (χ1n) is 4.25. The number of rotatable bonds is 6. The van der Waals surface area contributed by atoms with Crippen molar-refractivity contribution < 1.29 is 8.42 Å².